The Bertz CT molecular complexity index is 1100. The van der Waals surface area contributed by atoms with Gasteiger partial charge in [-0.15, -0.1) is 11.3 Å². The van der Waals surface area contributed by atoms with Gasteiger partial charge in [-0.25, -0.2) is 4.98 Å². The summed E-state index contributed by atoms with van der Waals surface area (Å²) in [7, 11) is 1.65. The highest BCUT2D eigenvalue weighted by Gasteiger charge is 2.28. The lowest BCUT2D eigenvalue weighted by atomic mass is 9.99. The van der Waals surface area contributed by atoms with Crippen LogP contribution in [0.15, 0.2) is 48.4 Å². The SMILES string of the molecule is COc1cc(C=C2CCCN([C@H](C)c3ccc(Cl)s3)C2=O)ccc1-n1cnc(C)c1. The third-order valence-corrected chi connectivity index (χ3v) is 6.79. The Kier molecular flexibility index (Phi) is 5.97. The van der Waals surface area contributed by atoms with Crippen molar-refractivity contribution in [3.05, 3.63) is 68.9 Å². The number of thiophene rings is 1. The second-order valence-electron chi connectivity index (χ2n) is 7.44. The van der Waals surface area contributed by atoms with E-state index in [9.17, 15) is 4.79 Å². The quantitative estimate of drug-likeness (QED) is 0.479. The number of aromatic nitrogens is 2. The van der Waals surface area contributed by atoms with Gasteiger partial charge in [0.2, 0.25) is 5.91 Å². The predicted octanol–water partition coefficient (Wildman–Crippen LogP) is 5.67. The van der Waals surface area contributed by atoms with Gasteiger partial charge in [0.25, 0.3) is 0 Å². The number of piperidine rings is 1. The molecular formula is C23H24ClN3O2S. The summed E-state index contributed by atoms with van der Waals surface area (Å²) in [6, 6.07) is 9.87. The molecule has 3 aromatic rings. The molecule has 4 rings (SSSR count). The summed E-state index contributed by atoms with van der Waals surface area (Å²) in [5.74, 6) is 0.829. The van der Waals surface area contributed by atoms with Crippen molar-refractivity contribution in [2.75, 3.05) is 13.7 Å². The number of ether oxygens (including phenoxy) is 1. The molecular weight excluding hydrogens is 418 g/mol. The van der Waals surface area contributed by atoms with E-state index in [1.165, 1.54) is 11.3 Å². The second kappa shape index (κ2) is 8.66. The van der Waals surface area contributed by atoms with E-state index < -0.39 is 0 Å². The van der Waals surface area contributed by atoms with Gasteiger partial charge in [0, 0.05) is 23.2 Å². The number of hydrogen-bond acceptors (Lipinski definition) is 4. The summed E-state index contributed by atoms with van der Waals surface area (Å²) in [5.41, 5.74) is 3.63. The van der Waals surface area contributed by atoms with E-state index in [4.69, 9.17) is 16.3 Å². The number of halogens is 1. The van der Waals surface area contributed by atoms with Crippen LogP contribution < -0.4 is 4.74 Å². The van der Waals surface area contributed by atoms with Crippen molar-refractivity contribution in [2.45, 2.75) is 32.7 Å². The van der Waals surface area contributed by atoms with Crippen LogP contribution in [0.2, 0.25) is 4.34 Å². The molecule has 1 fully saturated rings. The van der Waals surface area contributed by atoms with Gasteiger partial charge in [-0.1, -0.05) is 17.7 Å². The number of imidazole rings is 1. The Morgan fingerprint density at radius 2 is 2.13 bits per heavy atom. The number of amides is 1. The maximum atomic E-state index is 13.2. The third kappa shape index (κ3) is 4.16. The molecule has 0 radical (unpaired) electrons. The zero-order valence-electron chi connectivity index (χ0n) is 17.3. The van der Waals surface area contributed by atoms with Crippen LogP contribution in [0, 0.1) is 6.92 Å². The Labute approximate surface area is 185 Å². The molecule has 3 heterocycles. The normalized spacial score (nSPS) is 16.9. The summed E-state index contributed by atoms with van der Waals surface area (Å²) >= 11 is 7.62. The molecule has 1 aliphatic rings. The molecule has 0 saturated carbocycles. The van der Waals surface area contributed by atoms with Crippen molar-refractivity contribution < 1.29 is 9.53 Å². The first-order chi connectivity index (χ1) is 14.5. The van der Waals surface area contributed by atoms with Crippen LogP contribution in [-0.4, -0.2) is 34.0 Å². The van der Waals surface area contributed by atoms with Crippen molar-refractivity contribution in [2.24, 2.45) is 0 Å². The minimum atomic E-state index is 0.0140. The lowest BCUT2D eigenvalue weighted by Gasteiger charge is -2.33. The molecule has 0 unspecified atom stereocenters. The molecule has 1 aliphatic heterocycles. The highest BCUT2D eigenvalue weighted by Crippen LogP contribution is 2.34. The molecule has 0 N–H and O–H groups in total. The number of rotatable bonds is 5. The van der Waals surface area contributed by atoms with Crippen LogP contribution >= 0.6 is 22.9 Å². The maximum Gasteiger partial charge on any atom is 0.250 e. The number of nitrogens with zero attached hydrogens (tertiary/aromatic N) is 3. The number of hydrogen-bond donors (Lipinski definition) is 0. The minimum Gasteiger partial charge on any atom is -0.495 e. The van der Waals surface area contributed by atoms with Gasteiger partial charge in [0.05, 0.1) is 35.2 Å². The van der Waals surface area contributed by atoms with Crippen LogP contribution in [0.4, 0.5) is 0 Å². The van der Waals surface area contributed by atoms with Crippen molar-refractivity contribution in [3.63, 3.8) is 0 Å². The first kappa shape index (κ1) is 20.7. The highest BCUT2D eigenvalue weighted by molar-refractivity contribution is 7.16. The van der Waals surface area contributed by atoms with E-state index in [0.29, 0.717) is 0 Å². The smallest absolute Gasteiger partial charge is 0.250 e. The van der Waals surface area contributed by atoms with Gasteiger partial charge in [0.1, 0.15) is 5.75 Å². The molecule has 156 valence electrons. The third-order valence-electron chi connectivity index (χ3n) is 5.39. The lowest BCUT2D eigenvalue weighted by molar-refractivity contribution is -0.130. The van der Waals surface area contributed by atoms with Crippen LogP contribution in [0.25, 0.3) is 11.8 Å². The maximum absolute atomic E-state index is 13.2. The Hall–Kier alpha value is -2.57. The summed E-state index contributed by atoms with van der Waals surface area (Å²) in [6.07, 6.45) is 7.43. The van der Waals surface area contributed by atoms with Crippen LogP contribution in [0.3, 0.4) is 0 Å². The fourth-order valence-electron chi connectivity index (χ4n) is 3.79. The summed E-state index contributed by atoms with van der Waals surface area (Å²) < 4.78 is 8.29. The van der Waals surface area contributed by atoms with E-state index >= 15 is 0 Å². The largest absolute Gasteiger partial charge is 0.495 e. The van der Waals surface area contributed by atoms with Gasteiger partial charge >= 0.3 is 0 Å². The number of benzene rings is 1. The Morgan fingerprint density at radius 1 is 1.30 bits per heavy atom. The van der Waals surface area contributed by atoms with Gasteiger partial charge in [0.15, 0.2) is 0 Å². The first-order valence-electron chi connectivity index (χ1n) is 9.92. The van der Waals surface area contributed by atoms with E-state index in [1.807, 2.05) is 59.0 Å². The summed E-state index contributed by atoms with van der Waals surface area (Å²) in [4.78, 5) is 20.5. The number of likely N-dealkylation sites (tertiary alicyclic amines) is 1. The average Bonchev–Trinajstić information content (AvgIpc) is 3.37. The topological polar surface area (TPSA) is 47.4 Å². The summed E-state index contributed by atoms with van der Waals surface area (Å²) in [6.45, 7) is 4.77. The molecule has 2 aromatic heterocycles. The van der Waals surface area contributed by atoms with E-state index in [-0.39, 0.29) is 11.9 Å². The van der Waals surface area contributed by atoms with E-state index in [1.54, 1.807) is 13.4 Å². The molecule has 7 heteroatoms. The summed E-state index contributed by atoms with van der Waals surface area (Å²) in [5, 5.41) is 0. The van der Waals surface area contributed by atoms with Gasteiger partial charge in [-0.05, 0) is 62.6 Å². The van der Waals surface area contributed by atoms with Crippen LogP contribution in [-0.2, 0) is 4.79 Å². The van der Waals surface area contributed by atoms with Crippen molar-refractivity contribution in [1.29, 1.82) is 0 Å². The van der Waals surface area contributed by atoms with Crippen molar-refractivity contribution in [1.82, 2.24) is 14.5 Å². The molecule has 0 bridgehead atoms. The average molecular weight is 442 g/mol. The lowest BCUT2D eigenvalue weighted by Crippen LogP contribution is -2.38. The molecule has 1 atom stereocenters. The Morgan fingerprint density at radius 3 is 2.80 bits per heavy atom. The highest BCUT2D eigenvalue weighted by atomic mass is 35.5. The number of carbonyl (C=O) groups is 1. The van der Waals surface area contributed by atoms with Gasteiger partial charge < -0.3 is 14.2 Å². The molecule has 5 nitrogen and oxygen atoms in total. The predicted molar refractivity (Wildman–Crippen MR) is 122 cm³/mol. The van der Waals surface area contributed by atoms with Gasteiger partial charge in [-0.2, -0.15) is 0 Å². The standard InChI is InChI=1S/C23H24ClN3O2S/c1-15-13-26(14-25-15)19-7-6-17(12-20(19)29-3)11-18-5-4-10-27(23(18)28)16(2)21-8-9-22(24)30-21/h6-9,11-14,16H,4-5,10H2,1-3H3/t16-/m1/s1. The van der Waals surface area contributed by atoms with E-state index in [2.05, 4.69) is 11.9 Å². The zero-order valence-corrected chi connectivity index (χ0v) is 18.8. The molecule has 1 amide bonds. The van der Waals surface area contributed by atoms with Gasteiger partial charge in [-0.3, -0.25) is 4.79 Å². The molecule has 1 aromatic carbocycles. The van der Waals surface area contributed by atoms with Crippen LogP contribution in [0.5, 0.6) is 5.75 Å². The van der Waals surface area contributed by atoms with Crippen molar-refractivity contribution in [3.8, 4) is 11.4 Å². The number of methoxy groups -OCH3 is 1. The second-order valence-corrected chi connectivity index (χ2v) is 9.19. The van der Waals surface area contributed by atoms with Crippen LogP contribution in [0.1, 0.15) is 41.9 Å². The minimum absolute atomic E-state index is 0.0140. The first-order valence-corrected chi connectivity index (χ1v) is 11.1. The Balaban J connectivity index is 1.60. The molecule has 30 heavy (non-hydrogen) atoms. The van der Waals surface area contributed by atoms with E-state index in [0.717, 1.165) is 56.9 Å². The molecule has 1 saturated heterocycles. The molecule has 0 aliphatic carbocycles. The van der Waals surface area contributed by atoms with Crippen molar-refractivity contribution >= 4 is 34.9 Å². The number of carbonyl (C=O) groups excluding carboxylic acids is 1. The zero-order chi connectivity index (χ0) is 21.3. The molecule has 0 spiro atoms. The fourth-order valence-corrected chi connectivity index (χ4v) is 4.92. The number of aryl methyl sites for hydroxylation is 1. The monoisotopic (exact) mass is 441 g/mol. The fraction of sp³-hybridized carbons (Fsp3) is 0.304.